The van der Waals surface area contributed by atoms with Gasteiger partial charge in [0.15, 0.2) is 0 Å². The van der Waals surface area contributed by atoms with Gasteiger partial charge in [0.25, 0.3) is 0 Å². The van der Waals surface area contributed by atoms with Crippen LogP contribution in [0.4, 0.5) is 0 Å². The third-order valence-corrected chi connectivity index (χ3v) is 2.90. The lowest BCUT2D eigenvalue weighted by Gasteiger charge is -2.11. The number of aryl methyl sites for hydroxylation is 2. The molecule has 0 aliphatic carbocycles. The second-order valence-corrected chi connectivity index (χ2v) is 4.15. The molecule has 1 atom stereocenters. The molecule has 0 aliphatic heterocycles. The van der Waals surface area contributed by atoms with Crippen molar-refractivity contribution in [3.63, 3.8) is 0 Å². The lowest BCUT2D eigenvalue weighted by molar-refractivity contribution is -0.121. The van der Waals surface area contributed by atoms with Crippen molar-refractivity contribution in [3.8, 4) is 0 Å². The van der Waals surface area contributed by atoms with Crippen molar-refractivity contribution in [3.05, 3.63) is 34.9 Å². The standard InChI is InChI=1S/C13H19NO/c1-9-5-4-6-10(2)12(9)7-13(15)11(3)8-14/h4-6,11H,7-8,14H2,1-3H3. The summed E-state index contributed by atoms with van der Waals surface area (Å²) in [5, 5.41) is 0. The predicted octanol–water partition coefficient (Wildman–Crippen LogP) is 2.01. The summed E-state index contributed by atoms with van der Waals surface area (Å²) < 4.78 is 0. The first-order valence-electron chi connectivity index (χ1n) is 5.34. The fourth-order valence-corrected chi connectivity index (χ4v) is 1.61. The van der Waals surface area contributed by atoms with Crippen molar-refractivity contribution in [1.82, 2.24) is 0 Å². The number of carbonyl (C=O) groups excluding carboxylic acids is 1. The van der Waals surface area contributed by atoms with Gasteiger partial charge in [-0.2, -0.15) is 0 Å². The molecule has 0 radical (unpaired) electrons. The van der Waals surface area contributed by atoms with Crippen LogP contribution in [0.5, 0.6) is 0 Å². The van der Waals surface area contributed by atoms with E-state index in [0.717, 1.165) is 5.56 Å². The van der Waals surface area contributed by atoms with Gasteiger partial charge in [0, 0.05) is 18.9 Å². The van der Waals surface area contributed by atoms with Crippen LogP contribution in [0.3, 0.4) is 0 Å². The highest BCUT2D eigenvalue weighted by Gasteiger charge is 2.13. The number of hydrogen-bond donors (Lipinski definition) is 1. The lowest BCUT2D eigenvalue weighted by atomic mass is 9.94. The zero-order valence-corrected chi connectivity index (χ0v) is 9.71. The van der Waals surface area contributed by atoms with Crippen molar-refractivity contribution in [2.75, 3.05) is 6.54 Å². The van der Waals surface area contributed by atoms with Gasteiger partial charge in [0.1, 0.15) is 5.78 Å². The van der Waals surface area contributed by atoms with Gasteiger partial charge < -0.3 is 5.73 Å². The molecule has 15 heavy (non-hydrogen) atoms. The highest BCUT2D eigenvalue weighted by Crippen LogP contribution is 2.15. The number of Topliss-reactive ketones (excluding diaryl/α,β-unsaturated/α-hetero) is 1. The van der Waals surface area contributed by atoms with E-state index in [1.165, 1.54) is 11.1 Å². The summed E-state index contributed by atoms with van der Waals surface area (Å²) in [5.41, 5.74) is 9.01. The zero-order chi connectivity index (χ0) is 11.4. The maximum atomic E-state index is 11.8. The van der Waals surface area contributed by atoms with E-state index in [4.69, 9.17) is 5.73 Å². The van der Waals surface area contributed by atoms with Gasteiger partial charge in [-0.05, 0) is 30.5 Å². The van der Waals surface area contributed by atoms with E-state index in [1.54, 1.807) is 0 Å². The smallest absolute Gasteiger partial charge is 0.141 e. The van der Waals surface area contributed by atoms with Crippen molar-refractivity contribution in [2.45, 2.75) is 27.2 Å². The number of carbonyl (C=O) groups is 1. The van der Waals surface area contributed by atoms with Gasteiger partial charge >= 0.3 is 0 Å². The van der Waals surface area contributed by atoms with Crippen molar-refractivity contribution < 1.29 is 4.79 Å². The molecule has 0 amide bonds. The van der Waals surface area contributed by atoms with Crippen LogP contribution in [0.1, 0.15) is 23.6 Å². The Morgan fingerprint density at radius 2 is 1.87 bits per heavy atom. The summed E-state index contributed by atoms with van der Waals surface area (Å²) in [5.74, 6) is 0.193. The molecule has 2 nitrogen and oxygen atoms in total. The summed E-state index contributed by atoms with van der Waals surface area (Å²) >= 11 is 0. The Morgan fingerprint density at radius 1 is 1.33 bits per heavy atom. The Morgan fingerprint density at radius 3 is 2.33 bits per heavy atom. The highest BCUT2D eigenvalue weighted by molar-refractivity contribution is 5.83. The summed E-state index contributed by atoms with van der Waals surface area (Å²) in [6, 6.07) is 6.11. The topological polar surface area (TPSA) is 43.1 Å². The molecular formula is C13H19NO. The minimum Gasteiger partial charge on any atom is -0.330 e. The molecule has 0 spiro atoms. The maximum Gasteiger partial charge on any atom is 0.141 e. The molecule has 0 bridgehead atoms. The molecule has 2 N–H and O–H groups in total. The van der Waals surface area contributed by atoms with Gasteiger partial charge in [-0.3, -0.25) is 4.79 Å². The van der Waals surface area contributed by atoms with Crippen LogP contribution < -0.4 is 5.73 Å². The van der Waals surface area contributed by atoms with Crippen molar-refractivity contribution in [1.29, 1.82) is 0 Å². The van der Waals surface area contributed by atoms with Crippen molar-refractivity contribution in [2.24, 2.45) is 11.7 Å². The monoisotopic (exact) mass is 205 g/mol. The molecule has 0 fully saturated rings. The van der Waals surface area contributed by atoms with E-state index < -0.39 is 0 Å². The first kappa shape index (κ1) is 11.9. The van der Waals surface area contributed by atoms with Crippen LogP contribution in [0.25, 0.3) is 0 Å². The Balaban J connectivity index is 2.85. The van der Waals surface area contributed by atoms with E-state index in [-0.39, 0.29) is 11.7 Å². The molecule has 1 unspecified atom stereocenters. The highest BCUT2D eigenvalue weighted by atomic mass is 16.1. The van der Waals surface area contributed by atoms with Gasteiger partial charge in [-0.25, -0.2) is 0 Å². The number of nitrogens with two attached hydrogens (primary N) is 1. The van der Waals surface area contributed by atoms with E-state index in [0.29, 0.717) is 13.0 Å². The van der Waals surface area contributed by atoms with Crippen LogP contribution in [-0.4, -0.2) is 12.3 Å². The van der Waals surface area contributed by atoms with Gasteiger partial charge in [-0.15, -0.1) is 0 Å². The molecule has 1 rings (SSSR count). The summed E-state index contributed by atoms with van der Waals surface area (Å²) in [6.45, 7) is 6.41. The molecule has 0 heterocycles. The molecule has 0 aromatic heterocycles. The van der Waals surface area contributed by atoms with Crippen LogP contribution in [0.15, 0.2) is 18.2 Å². The van der Waals surface area contributed by atoms with E-state index in [1.807, 2.05) is 39.0 Å². The molecular weight excluding hydrogens is 186 g/mol. The van der Waals surface area contributed by atoms with E-state index >= 15 is 0 Å². The van der Waals surface area contributed by atoms with Gasteiger partial charge in [0.05, 0.1) is 0 Å². The number of rotatable bonds is 4. The number of benzene rings is 1. The van der Waals surface area contributed by atoms with Gasteiger partial charge in [-0.1, -0.05) is 25.1 Å². The second kappa shape index (κ2) is 5.08. The largest absolute Gasteiger partial charge is 0.330 e. The third kappa shape index (κ3) is 2.90. The minimum absolute atomic E-state index is 0.0380. The molecule has 0 aliphatic rings. The number of hydrogen-bond acceptors (Lipinski definition) is 2. The average Bonchev–Trinajstić information content (AvgIpc) is 2.22. The molecule has 2 heteroatoms. The van der Waals surface area contributed by atoms with Crippen LogP contribution in [0.2, 0.25) is 0 Å². The predicted molar refractivity (Wildman–Crippen MR) is 62.8 cm³/mol. The Labute approximate surface area is 91.5 Å². The first-order valence-corrected chi connectivity index (χ1v) is 5.34. The maximum absolute atomic E-state index is 11.8. The number of ketones is 1. The van der Waals surface area contributed by atoms with E-state index in [2.05, 4.69) is 0 Å². The minimum atomic E-state index is -0.0380. The average molecular weight is 205 g/mol. The molecule has 0 saturated carbocycles. The first-order chi connectivity index (χ1) is 7.06. The van der Waals surface area contributed by atoms with E-state index in [9.17, 15) is 4.79 Å². The Kier molecular flexibility index (Phi) is 4.04. The third-order valence-electron chi connectivity index (χ3n) is 2.90. The fourth-order valence-electron chi connectivity index (χ4n) is 1.61. The zero-order valence-electron chi connectivity index (χ0n) is 9.71. The normalized spacial score (nSPS) is 12.5. The van der Waals surface area contributed by atoms with Crippen LogP contribution >= 0.6 is 0 Å². The summed E-state index contributed by atoms with van der Waals surface area (Å²) in [6.07, 6.45) is 0.511. The summed E-state index contributed by atoms with van der Waals surface area (Å²) in [7, 11) is 0. The Hall–Kier alpha value is -1.15. The molecule has 0 saturated heterocycles. The molecule has 82 valence electrons. The quantitative estimate of drug-likeness (QED) is 0.817. The summed E-state index contributed by atoms with van der Waals surface area (Å²) in [4.78, 5) is 11.8. The fraction of sp³-hybridized carbons (Fsp3) is 0.462. The van der Waals surface area contributed by atoms with Gasteiger partial charge in [0.2, 0.25) is 0 Å². The molecule has 1 aromatic rings. The van der Waals surface area contributed by atoms with Crippen molar-refractivity contribution >= 4 is 5.78 Å². The van der Waals surface area contributed by atoms with Crippen LogP contribution in [-0.2, 0) is 11.2 Å². The Bertz CT molecular complexity index is 337. The second-order valence-electron chi connectivity index (χ2n) is 4.15. The molecule has 1 aromatic carbocycles. The lowest BCUT2D eigenvalue weighted by Crippen LogP contribution is -2.22. The SMILES string of the molecule is Cc1cccc(C)c1CC(=O)C(C)CN. The van der Waals surface area contributed by atoms with Crippen LogP contribution in [0, 0.1) is 19.8 Å².